The molecule has 0 radical (unpaired) electrons. The Bertz CT molecular complexity index is 1240. The van der Waals surface area contributed by atoms with Gasteiger partial charge in [0.15, 0.2) is 6.61 Å². The van der Waals surface area contributed by atoms with E-state index < -0.39 is 15.9 Å². The summed E-state index contributed by atoms with van der Waals surface area (Å²) in [6.07, 6.45) is 0. The number of hydrogen-bond donors (Lipinski definition) is 2. The summed E-state index contributed by atoms with van der Waals surface area (Å²) in [5, 5.41) is 2.66. The van der Waals surface area contributed by atoms with Crippen LogP contribution in [0.25, 0.3) is 0 Å². The second kappa shape index (κ2) is 10.3. The molecule has 8 nitrogen and oxygen atoms in total. The van der Waals surface area contributed by atoms with E-state index in [9.17, 15) is 13.2 Å². The third kappa shape index (κ3) is 6.17. The van der Waals surface area contributed by atoms with Crippen molar-refractivity contribution in [3.63, 3.8) is 0 Å². The summed E-state index contributed by atoms with van der Waals surface area (Å²) < 4.78 is 44.2. The molecule has 0 spiro atoms. The standard InChI is InChI=1S/C24H26N2O6S/c1-16-5-6-17(2)23(13-16)32-15-24(27)25-21-14-20(11-12-22(21)31-4)33(28,29)26-18-7-9-19(30-3)10-8-18/h5-14,26H,15H2,1-4H3,(H,25,27). The van der Waals surface area contributed by atoms with E-state index in [1.165, 1.54) is 32.4 Å². The number of aryl methyl sites for hydroxylation is 2. The van der Waals surface area contributed by atoms with Crippen molar-refractivity contribution in [2.24, 2.45) is 0 Å². The maximum absolute atomic E-state index is 12.9. The Labute approximate surface area is 193 Å². The lowest BCUT2D eigenvalue weighted by atomic mass is 10.1. The maximum Gasteiger partial charge on any atom is 0.262 e. The Hall–Kier alpha value is -3.72. The van der Waals surface area contributed by atoms with E-state index in [0.717, 1.165) is 11.1 Å². The van der Waals surface area contributed by atoms with E-state index in [4.69, 9.17) is 14.2 Å². The molecule has 0 saturated heterocycles. The molecular weight excluding hydrogens is 444 g/mol. The minimum Gasteiger partial charge on any atom is -0.497 e. The molecule has 0 aliphatic heterocycles. The molecule has 1 amide bonds. The van der Waals surface area contributed by atoms with Crippen LogP contribution in [0.3, 0.4) is 0 Å². The van der Waals surface area contributed by atoms with Crippen LogP contribution in [0.15, 0.2) is 65.6 Å². The first-order valence-corrected chi connectivity index (χ1v) is 11.5. The van der Waals surface area contributed by atoms with E-state index in [0.29, 0.717) is 22.9 Å². The van der Waals surface area contributed by atoms with Gasteiger partial charge in [-0.3, -0.25) is 9.52 Å². The van der Waals surface area contributed by atoms with Gasteiger partial charge in [0.2, 0.25) is 0 Å². The highest BCUT2D eigenvalue weighted by atomic mass is 32.2. The molecule has 174 valence electrons. The van der Waals surface area contributed by atoms with Crippen LogP contribution >= 0.6 is 0 Å². The first-order chi connectivity index (χ1) is 15.7. The SMILES string of the molecule is COc1ccc(NS(=O)(=O)c2ccc(OC)c(NC(=O)COc3cc(C)ccc3C)c2)cc1. The fourth-order valence-electron chi connectivity index (χ4n) is 3.02. The number of benzene rings is 3. The van der Waals surface area contributed by atoms with Crippen molar-refractivity contribution >= 4 is 27.3 Å². The largest absolute Gasteiger partial charge is 0.497 e. The summed E-state index contributed by atoms with van der Waals surface area (Å²) in [6, 6.07) is 16.4. The Morgan fingerprint density at radius 2 is 1.61 bits per heavy atom. The molecule has 0 saturated carbocycles. The fourth-order valence-corrected chi connectivity index (χ4v) is 4.10. The van der Waals surface area contributed by atoms with Gasteiger partial charge in [-0.1, -0.05) is 12.1 Å². The summed E-state index contributed by atoms with van der Waals surface area (Å²) >= 11 is 0. The number of sulfonamides is 1. The third-order valence-electron chi connectivity index (χ3n) is 4.80. The van der Waals surface area contributed by atoms with E-state index in [-0.39, 0.29) is 17.2 Å². The van der Waals surface area contributed by atoms with E-state index in [1.54, 1.807) is 24.3 Å². The van der Waals surface area contributed by atoms with Crippen LogP contribution in [0.5, 0.6) is 17.2 Å². The van der Waals surface area contributed by atoms with Gasteiger partial charge in [-0.25, -0.2) is 8.42 Å². The summed E-state index contributed by atoms with van der Waals surface area (Å²) in [5.74, 6) is 1.08. The number of nitrogens with one attached hydrogen (secondary N) is 2. The maximum atomic E-state index is 12.9. The second-order valence-corrected chi connectivity index (χ2v) is 8.98. The number of methoxy groups -OCH3 is 2. The van der Waals surface area contributed by atoms with Crippen LogP contribution in [0, 0.1) is 13.8 Å². The van der Waals surface area contributed by atoms with Crippen LogP contribution < -0.4 is 24.2 Å². The van der Waals surface area contributed by atoms with Crippen LogP contribution in [-0.4, -0.2) is 35.2 Å². The second-order valence-electron chi connectivity index (χ2n) is 7.30. The van der Waals surface area contributed by atoms with Gasteiger partial charge in [-0.15, -0.1) is 0 Å². The van der Waals surface area contributed by atoms with Crippen molar-refractivity contribution in [3.05, 3.63) is 71.8 Å². The van der Waals surface area contributed by atoms with Crippen LogP contribution in [0.2, 0.25) is 0 Å². The molecule has 3 aromatic carbocycles. The number of ether oxygens (including phenoxy) is 3. The number of hydrogen-bond acceptors (Lipinski definition) is 6. The molecule has 0 unspecified atom stereocenters. The predicted molar refractivity (Wildman–Crippen MR) is 127 cm³/mol. The topological polar surface area (TPSA) is 103 Å². The van der Waals surface area contributed by atoms with Gasteiger partial charge in [0, 0.05) is 5.69 Å². The van der Waals surface area contributed by atoms with Crippen LogP contribution in [0.1, 0.15) is 11.1 Å². The van der Waals surface area contributed by atoms with Crippen molar-refractivity contribution in [3.8, 4) is 17.2 Å². The Morgan fingerprint density at radius 3 is 2.27 bits per heavy atom. The lowest BCUT2D eigenvalue weighted by Gasteiger charge is -2.14. The van der Waals surface area contributed by atoms with Gasteiger partial charge in [0.05, 0.1) is 24.8 Å². The molecule has 0 aliphatic carbocycles. The van der Waals surface area contributed by atoms with E-state index in [2.05, 4.69) is 10.0 Å². The molecule has 0 aromatic heterocycles. The molecule has 0 atom stereocenters. The Balaban J connectivity index is 1.75. The van der Waals surface area contributed by atoms with Gasteiger partial charge >= 0.3 is 0 Å². The summed E-state index contributed by atoms with van der Waals surface area (Å²) in [7, 11) is -0.952. The number of rotatable bonds is 9. The van der Waals surface area contributed by atoms with Gasteiger partial charge in [-0.05, 0) is 73.5 Å². The summed E-state index contributed by atoms with van der Waals surface area (Å²) in [5.41, 5.74) is 2.51. The zero-order valence-electron chi connectivity index (χ0n) is 18.8. The highest BCUT2D eigenvalue weighted by Crippen LogP contribution is 2.29. The molecule has 0 heterocycles. The van der Waals surface area contributed by atoms with Gasteiger partial charge in [0.25, 0.3) is 15.9 Å². The molecule has 2 N–H and O–H groups in total. The first kappa shape index (κ1) is 23.9. The van der Waals surface area contributed by atoms with Crippen LogP contribution in [0.4, 0.5) is 11.4 Å². The van der Waals surface area contributed by atoms with Gasteiger partial charge in [-0.2, -0.15) is 0 Å². The number of carbonyl (C=O) groups is 1. The Kier molecular flexibility index (Phi) is 7.44. The molecule has 3 rings (SSSR count). The molecular formula is C24H26N2O6S. The van der Waals surface area contributed by atoms with Gasteiger partial charge in [0.1, 0.15) is 17.2 Å². The quantitative estimate of drug-likeness (QED) is 0.487. The lowest BCUT2D eigenvalue weighted by Crippen LogP contribution is -2.21. The highest BCUT2D eigenvalue weighted by Gasteiger charge is 2.18. The average Bonchev–Trinajstić information content (AvgIpc) is 2.80. The lowest BCUT2D eigenvalue weighted by molar-refractivity contribution is -0.118. The Morgan fingerprint density at radius 1 is 0.879 bits per heavy atom. The third-order valence-corrected chi connectivity index (χ3v) is 6.18. The number of amides is 1. The summed E-state index contributed by atoms with van der Waals surface area (Å²) in [4.78, 5) is 12.5. The first-order valence-electron chi connectivity index (χ1n) is 10.1. The van der Waals surface area contributed by atoms with Crippen molar-refractivity contribution in [2.45, 2.75) is 18.7 Å². The molecule has 9 heteroatoms. The minimum atomic E-state index is -3.91. The zero-order valence-corrected chi connectivity index (χ0v) is 19.7. The van der Waals surface area contributed by atoms with Crippen molar-refractivity contribution in [1.82, 2.24) is 0 Å². The molecule has 3 aromatic rings. The average molecular weight is 471 g/mol. The van der Waals surface area contributed by atoms with Crippen molar-refractivity contribution in [2.75, 3.05) is 30.9 Å². The molecule has 0 aliphatic rings. The minimum absolute atomic E-state index is 0.0372. The number of carbonyl (C=O) groups excluding carboxylic acids is 1. The van der Waals surface area contributed by atoms with E-state index >= 15 is 0 Å². The smallest absolute Gasteiger partial charge is 0.262 e. The fraction of sp³-hybridized carbons (Fsp3) is 0.208. The van der Waals surface area contributed by atoms with Crippen LogP contribution in [-0.2, 0) is 14.8 Å². The summed E-state index contributed by atoms with van der Waals surface area (Å²) in [6.45, 7) is 3.58. The number of anilines is 2. The predicted octanol–water partition coefficient (Wildman–Crippen LogP) is 4.14. The molecule has 33 heavy (non-hydrogen) atoms. The van der Waals surface area contributed by atoms with Gasteiger partial charge < -0.3 is 19.5 Å². The van der Waals surface area contributed by atoms with Crippen molar-refractivity contribution in [1.29, 1.82) is 0 Å². The molecule has 0 bridgehead atoms. The van der Waals surface area contributed by atoms with E-state index in [1.807, 2.05) is 32.0 Å². The monoisotopic (exact) mass is 470 g/mol. The molecule has 0 fully saturated rings. The zero-order chi connectivity index (χ0) is 24.0. The highest BCUT2D eigenvalue weighted by molar-refractivity contribution is 7.92. The normalized spacial score (nSPS) is 10.9. The van der Waals surface area contributed by atoms with Crippen molar-refractivity contribution < 1.29 is 27.4 Å².